The molecule has 0 saturated heterocycles. The van der Waals surface area contributed by atoms with E-state index in [4.69, 9.17) is 9.84 Å². The minimum absolute atomic E-state index is 0.0310. The summed E-state index contributed by atoms with van der Waals surface area (Å²) >= 11 is 3.43. The topological polar surface area (TPSA) is 29.5 Å². The van der Waals surface area contributed by atoms with Crippen LogP contribution < -0.4 is 4.74 Å². The maximum Gasteiger partial charge on any atom is 0.141 e. The third-order valence-electron chi connectivity index (χ3n) is 2.49. The number of aliphatic hydroxyl groups is 1. The summed E-state index contributed by atoms with van der Waals surface area (Å²) in [5.41, 5.74) is 1.94. The molecule has 0 aliphatic heterocycles. The average Bonchev–Trinajstić information content (AvgIpc) is 2.34. The van der Waals surface area contributed by atoms with Crippen LogP contribution in [-0.2, 0) is 6.61 Å². The molecule has 2 aromatic carbocycles. The van der Waals surface area contributed by atoms with Gasteiger partial charge in [0.05, 0.1) is 11.1 Å². The van der Waals surface area contributed by atoms with Gasteiger partial charge in [0.1, 0.15) is 11.5 Å². The average molecular weight is 293 g/mol. The van der Waals surface area contributed by atoms with Crippen LogP contribution in [-0.4, -0.2) is 5.11 Å². The van der Waals surface area contributed by atoms with Gasteiger partial charge in [-0.25, -0.2) is 0 Å². The van der Waals surface area contributed by atoms with Crippen molar-refractivity contribution in [3.8, 4) is 11.5 Å². The maximum atomic E-state index is 9.03. The second kappa shape index (κ2) is 5.34. The van der Waals surface area contributed by atoms with Crippen LogP contribution >= 0.6 is 15.9 Å². The molecule has 2 nitrogen and oxygen atoms in total. The first-order valence-corrected chi connectivity index (χ1v) is 6.13. The fourth-order valence-electron chi connectivity index (χ4n) is 1.51. The summed E-state index contributed by atoms with van der Waals surface area (Å²) in [6.07, 6.45) is 0. The van der Waals surface area contributed by atoms with E-state index in [-0.39, 0.29) is 6.61 Å². The minimum Gasteiger partial charge on any atom is -0.456 e. The highest BCUT2D eigenvalue weighted by atomic mass is 79.9. The highest BCUT2D eigenvalue weighted by molar-refractivity contribution is 9.10. The first-order chi connectivity index (χ1) is 8.20. The summed E-state index contributed by atoms with van der Waals surface area (Å²) in [5.74, 6) is 1.58. The van der Waals surface area contributed by atoms with Gasteiger partial charge in [-0.05, 0) is 52.2 Å². The molecule has 0 spiro atoms. The van der Waals surface area contributed by atoms with Crippen LogP contribution in [0.1, 0.15) is 11.1 Å². The van der Waals surface area contributed by atoms with E-state index in [0.29, 0.717) is 0 Å². The van der Waals surface area contributed by atoms with Crippen LogP contribution in [0.2, 0.25) is 0 Å². The minimum atomic E-state index is 0.0310. The van der Waals surface area contributed by atoms with Crippen LogP contribution in [0.4, 0.5) is 0 Å². The van der Waals surface area contributed by atoms with Gasteiger partial charge < -0.3 is 9.84 Å². The van der Waals surface area contributed by atoms with Crippen molar-refractivity contribution < 1.29 is 9.84 Å². The molecule has 0 amide bonds. The Balaban J connectivity index is 2.28. The molecule has 88 valence electrons. The number of benzene rings is 2. The van der Waals surface area contributed by atoms with E-state index < -0.39 is 0 Å². The van der Waals surface area contributed by atoms with E-state index in [1.807, 2.05) is 49.4 Å². The normalized spacial score (nSPS) is 10.3. The Morgan fingerprint density at radius 2 is 1.88 bits per heavy atom. The van der Waals surface area contributed by atoms with E-state index in [0.717, 1.165) is 27.1 Å². The second-order valence-electron chi connectivity index (χ2n) is 3.79. The van der Waals surface area contributed by atoms with Gasteiger partial charge in [-0.15, -0.1) is 0 Å². The summed E-state index contributed by atoms with van der Waals surface area (Å²) < 4.78 is 6.65. The molecule has 2 rings (SSSR count). The standard InChI is InChI=1S/C14H13BrO2/c1-10-4-2-3-5-13(10)17-14-7-6-11(9-16)8-12(14)15/h2-8,16H,9H2,1H3. The highest BCUT2D eigenvalue weighted by Crippen LogP contribution is 2.31. The smallest absolute Gasteiger partial charge is 0.141 e. The Labute approximate surface area is 109 Å². The monoisotopic (exact) mass is 292 g/mol. The predicted octanol–water partition coefficient (Wildman–Crippen LogP) is 4.04. The van der Waals surface area contributed by atoms with Crippen molar-refractivity contribution in [2.45, 2.75) is 13.5 Å². The molecule has 3 heteroatoms. The SMILES string of the molecule is Cc1ccccc1Oc1ccc(CO)cc1Br. The van der Waals surface area contributed by atoms with E-state index in [1.165, 1.54) is 0 Å². The van der Waals surface area contributed by atoms with E-state index in [9.17, 15) is 0 Å². The van der Waals surface area contributed by atoms with Gasteiger partial charge >= 0.3 is 0 Å². The van der Waals surface area contributed by atoms with E-state index in [1.54, 1.807) is 0 Å². The fourth-order valence-corrected chi connectivity index (χ4v) is 2.02. The fraction of sp³-hybridized carbons (Fsp3) is 0.143. The third-order valence-corrected chi connectivity index (χ3v) is 3.11. The number of ether oxygens (including phenoxy) is 1. The van der Waals surface area contributed by atoms with Gasteiger partial charge in [-0.3, -0.25) is 0 Å². The molecular weight excluding hydrogens is 280 g/mol. The van der Waals surface area contributed by atoms with Crippen LogP contribution in [0.5, 0.6) is 11.5 Å². The quantitative estimate of drug-likeness (QED) is 0.925. The number of aryl methyl sites for hydroxylation is 1. The Bertz CT molecular complexity index is 523. The molecular formula is C14H13BrO2. The number of hydrogen-bond acceptors (Lipinski definition) is 2. The molecule has 2 aromatic rings. The zero-order valence-electron chi connectivity index (χ0n) is 9.48. The van der Waals surface area contributed by atoms with Crippen LogP contribution in [0.15, 0.2) is 46.9 Å². The lowest BCUT2D eigenvalue weighted by atomic mass is 10.2. The summed E-state index contributed by atoms with van der Waals surface area (Å²) in [4.78, 5) is 0. The zero-order chi connectivity index (χ0) is 12.3. The number of hydrogen-bond donors (Lipinski definition) is 1. The van der Waals surface area contributed by atoms with Crippen molar-refractivity contribution in [2.75, 3.05) is 0 Å². The summed E-state index contributed by atoms with van der Waals surface area (Å²) in [6, 6.07) is 13.4. The van der Waals surface area contributed by atoms with Crippen molar-refractivity contribution in [1.29, 1.82) is 0 Å². The Morgan fingerprint density at radius 1 is 1.12 bits per heavy atom. The lowest BCUT2D eigenvalue weighted by molar-refractivity contribution is 0.281. The van der Waals surface area contributed by atoms with Crippen LogP contribution in [0.25, 0.3) is 0 Å². The number of halogens is 1. The van der Waals surface area contributed by atoms with Crippen molar-refractivity contribution in [1.82, 2.24) is 0 Å². The van der Waals surface area contributed by atoms with Crippen LogP contribution in [0.3, 0.4) is 0 Å². The summed E-state index contributed by atoms with van der Waals surface area (Å²) in [5, 5.41) is 9.03. The molecule has 0 aliphatic rings. The van der Waals surface area contributed by atoms with Crippen LogP contribution in [0, 0.1) is 6.92 Å². The lowest BCUT2D eigenvalue weighted by Gasteiger charge is -2.10. The van der Waals surface area contributed by atoms with Crippen molar-refractivity contribution in [2.24, 2.45) is 0 Å². The molecule has 1 N–H and O–H groups in total. The first-order valence-electron chi connectivity index (χ1n) is 5.33. The molecule has 0 aliphatic carbocycles. The number of rotatable bonds is 3. The molecule has 0 bridgehead atoms. The van der Waals surface area contributed by atoms with Gasteiger partial charge in [0, 0.05) is 0 Å². The Hall–Kier alpha value is -1.32. The largest absolute Gasteiger partial charge is 0.456 e. The molecule has 0 atom stereocenters. The molecule has 0 aromatic heterocycles. The van der Waals surface area contributed by atoms with Crippen molar-refractivity contribution in [3.63, 3.8) is 0 Å². The van der Waals surface area contributed by atoms with Gasteiger partial charge in [0.25, 0.3) is 0 Å². The third kappa shape index (κ3) is 2.87. The molecule has 17 heavy (non-hydrogen) atoms. The van der Waals surface area contributed by atoms with Crippen molar-refractivity contribution in [3.05, 3.63) is 58.1 Å². The van der Waals surface area contributed by atoms with Gasteiger partial charge in [0.2, 0.25) is 0 Å². The lowest BCUT2D eigenvalue weighted by Crippen LogP contribution is -1.90. The highest BCUT2D eigenvalue weighted by Gasteiger charge is 2.05. The molecule has 0 saturated carbocycles. The van der Waals surface area contributed by atoms with Gasteiger partial charge in [0.15, 0.2) is 0 Å². The maximum absolute atomic E-state index is 9.03. The van der Waals surface area contributed by atoms with Gasteiger partial charge in [-0.1, -0.05) is 24.3 Å². The molecule has 0 unspecified atom stereocenters. The zero-order valence-corrected chi connectivity index (χ0v) is 11.1. The number of para-hydroxylation sites is 1. The summed E-state index contributed by atoms with van der Waals surface area (Å²) in [6.45, 7) is 2.04. The molecule has 0 radical (unpaired) electrons. The second-order valence-corrected chi connectivity index (χ2v) is 4.64. The van der Waals surface area contributed by atoms with Gasteiger partial charge in [-0.2, -0.15) is 0 Å². The van der Waals surface area contributed by atoms with E-state index in [2.05, 4.69) is 15.9 Å². The Kier molecular flexibility index (Phi) is 3.82. The number of aliphatic hydroxyl groups excluding tert-OH is 1. The predicted molar refractivity (Wildman–Crippen MR) is 71.3 cm³/mol. The van der Waals surface area contributed by atoms with Crippen molar-refractivity contribution >= 4 is 15.9 Å². The Morgan fingerprint density at radius 3 is 2.53 bits per heavy atom. The summed E-state index contributed by atoms with van der Waals surface area (Å²) in [7, 11) is 0. The molecule has 0 heterocycles. The first kappa shape index (κ1) is 12.1. The molecule has 0 fully saturated rings. The van der Waals surface area contributed by atoms with E-state index >= 15 is 0 Å².